The Balaban J connectivity index is 1.35. The second-order valence-corrected chi connectivity index (χ2v) is 8.55. The lowest BCUT2D eigenvalue weighted by Crippen LogP contribution is -2.53. The molecule has 2 aromatic rings. The molecule has 0 N–H and O–H groups in total. The number of aromatic nitrogens is 4. The summed E-state index contributed by atoms with van der Waals surface area (Å²) in [6, 6.07) is 3.08. The van der Waals surface area contributed by atoms with Crippen molar-refractivity contribution >= 4 is 23.3 Å². The summed E-state index contributed by atoms with van der Waals surface area (Å²) in [7, 11) is 0. The van der Waals surface area contributed by atoms with Crippen molar-refractivity contribution in [1.29, 1.82) is 0 Å². The molecule has 0 unspecified atom stereocenters. The number of nitrogens with zero attached hydrogens (tertiary/aromatic N) is 7. The number of carbonyl (C=O) groups is 2. The molecule has 2 aromatic heterocycles. The quantitative estimate of drug-likeness (QED) is 0.703. The highest BCUT2D eigenvalue weighted by Crippen LogP contribution is 2.29. The minimum absolute atomic E-state index is 0.0289. The third kappa shape index (κ3) is 4.35. The fraction of sp³-hybridized carbons (Fsp3) is 0.650. The van der Waals surface area contributed by atoms with Crippen molar-refractivity contribution in [3.8, 4) is 0 Å². The van der Waals surface area contributed by atoms with Gasteiger partial charge in [-0.2, -0.15) is 17.7 Å². The molecular weight excluding hydrogens is 427 g/mol. The number of piperidine rings is 1. The fourth-order valence-electron chi connectivity index (χ4n) is 4.25. The molecule has 0 atom stereocenters. The van der Waals surface area contributed by atoms with Gasteiger partial charge in [-0.25, -0.2) is 0 Å². The first-order valence-electron chi connectivity index (χ1n) is 10.8. The molecule has 2 fully saturated rings. The van der Waals surface area contributed by atoms with Gasteiger partial charge in [0.2, 0.25) is 11.8 Å². The van der Waals surface area contributed by atoms with E-state index in [0.717, 1.165) is 0 Å². The van der Waals surface area contributed by atoms with Crippen molar-refractivity contribution in [3.63, 3.8) is 0 Å². The Morgan fingerprint density at radius 2 is 1.59 bits per heavy atom. The number of halogens is 3. The number of hydrogen-bond acceptors (Lipinski definition) is 6. The van der Waals surface area contributed by atoms with Crippen LogP contribution in [-0.2, 0) is 15.8 Å². The number of alkyl halides is 3. The molecule has 2 amide bonds. The van der Waals surface area contributed by atoms with E-state index in [0.29, 0.717) is 62.4 Å². The summed E-state index contributed by atoms with van der Waals surface area (Å²) in [5.74, 6) is -0.758. The smallest absolute Gasteiger partial charge is 0.355 e. The molecule has 4 rings (SSSR count). The van der Waals surface area contributed by atoms with Gasteiger partial charge < -0.3 is 14.7 Å². The summed E-state index contributed by atoms with van der Waals surface area (Å²) in [5.41, 5.74) is 0.0289. The highest BCUT2D eigenvalue weighted by Gasteiger charge is 2.38. The molecule has 2 saturated heterocycles. The van der Waals surface area contributed by atoms with E-state index in [9.17, 15) is 22.8 Å². The Morgan fingerprint density at radius 1 is 0.969 bits per heavy atom. The Morgan fingerprint density at radius 3 is 2.19 bits per heavy atom. The molecule has 0 spiro atoms. The normalized spacial score (nSPS) is 18.6. The molecular formula is C20H26F3N7O2. The minimum Gasteiger partial charge on any atom is -0.355 e. The van der Waals surface area contributed by atoms with Gasteiger partial charge in [0.05, 0.1) is 0 Å². The lowest BCUT2D eigenvalue weighted by Gasteiger charge is -2.39. The van der Waals surface area contributed by atoms with Crippen LogP contribution in [-0.4, -0.2) is 80.7 Å². The van der Waals surface area contributed by atoms with E-state index in [1.807, 2.05) is 23.6 Å². The van der Waals surface area contributed by atoms with E-state index >= 15 is 0 Å². The summed E-state index contributed by atoms with van der Waals surface area (Å²) in [6.45, 7) is 6.93. The van der Waals surface area contributed by atoms with Crippen LogP contribution in [0.2, 0.25) is 0 Å². The zero-order chi connectivity index (χ0) is 23.0. The summed E-state index contributed by atoms with van der Waals surface area (Å²) in [5, 5.41) is 10.8. The average molecular weight is 453 g/mol. The number of rotatable bonds is 3. The van der Waals surface area contributed by atoms with Gasteiger partial charge in [-0.1, -0.05) is 13.8 Å². The number of anilines is 1. The van der Waals surface area contributed by atoms with Crippen molar-refractivity contribution in [2.45, 2.75) is 32.9 Å². The predicted octanol–water partition coefficient (Wildman–Crippen LogP) is 1.69. The third-order valence-electron chi connectivity index (χ3n) is 6.07. The molecule has 2 aliphatic rings. The van der Waals surface area contributed by atoms with E-state index in [2.05, 4.69) is 15.3 Å². The van der Waals surface area contributed by atoms with Crippen LogP contribution in [0.3, 0.4) is 0 Å². The minimum atomic E-state index is -4.64. The van der Waals surface area contributed by atoms with E-state index in [1.54, 1.807) is 11.0 Å². The summed E-state index contributed by atoms with van der Waals surface area (Å²) >= 11 is 0. The van der Waals surface area contributed by atoms with Crippen LogP contribution in [0.4, 0.5) is 19.0 Å². The topological polar surface area (TPSA) is 86.9 Å². The average Bonchev–Trinajstić information content (AvgIpc) is 3.22. The maximum Gasteiger partial charge on any atom is 0.453 e. The first-order chi connectivity index (χ1) is 15.1. The van der Waals surface area contributed by atoms with Crippen LogP contribution < -0.4 is 4.90 Å². The number of fused-ring (bicyclic) bond motifs is 1. The number of piperazine rings is 1. The second-order valence-electron chi connectivity index (χ2n) is 8.55. The molecule has 174 valence electrons. The van der Waals surface area contributed by atoms with Gasteiger partial charge in [0.25, 0.3) is 5.82 Å². The Hall–Kier alpha value is -2.92. The first-order valence-corrected chi connectivity index (χ1v) is 10.8. The lowest BCUT2D eigenvalue weighted by atomic mass is 9.95. The monoisotopic (exact) mass is 453 g/mol. The first kappa shape index (κ1) is 22.3. The number of hydrogen-bond donors (Lipinski definition) is 0. The van der Waals surface area contributed by atoms with Crippen molar-refractivity contribution in [2.75, 3.05) is 44.2 Å². The van der Waals surface area contributed by atoms with Gasteiger partial charge >= 0.3 is 6.18 Å². The van der Waals surface area contributed by atoms with Crippen molar-refractivity contribution in [2.24, 2.45) is 11.8 Å². The van der Waals surface area contributed by atoms with Gasteiger partial charge in [-0.15, -0.1) is 15.3 Å². The van der Waals surface area contributed by atoms with E-state index in [1.165, 1.54) is 6.07 Å². The highest BCUT2D eigenvalue weighted by atomic mass is 19.4. The van der Waals surface area contributed by atoms with Crippen molar-refractivity contribution in [3.05, 3.63) is 18.0 Å². The SMILES string of the molecule is CC(C)C(=O)N1CCN(C(=O)C2CCN(c3ccc4nnc(C(F)(F)F)n4n3)CC2)CC1. The van der Waals surface area contributed by atoms with E-state index in [4.69, 9.17) is 0 Å². The lowest BCUT2D eigenvalue weighted by molar-refractivity contribution is -0.146. The molecule has 4 heterocycles. The standard InChI is InChI=1S/C20H26F3N7O2/c1-13(2)17(31)28-9-11-29(12-10-28)18(32)14-5-7-27(8-6-14)16-4-3-15-24-25-19(20(21,22)23)30(15)26-16/h3-4,13-14H,5-12H2,1-2H3. The van der Waals surface area contributed by atoms with Gasteiger partial charge in [-0.05, 0) is 25.0 Å². The van der Waals surface area contributed by atoms with Crippen LogP contribution in [0.1, 0.15) is 32.5 Å². The van der Waals surface area contributed by atoms with Gasteiger partial charge in [0, 0.05) is 51.1 Å². The maximum atomic E-state index is 13.1. The predicted molar refractivity (Wildman–Crippen MR) is 109 cm³/mol. The number of carbonyl (C=O) groups excluding carboxylic acids is 2. The summed E-state index contributed by atoms with van der Waals surface area (Å²) in [6.07, 6.45) is -3.45. The van der Waals surface area contributed by atoms with E-state index in [-0.39, 0.29) is 29.3 Å². The maximum absolute atomic E-state index is 13.1. The van der Waals surface area contributed by atoms with Crippen LogP contribution in [0.15, 0.2) is 12.1 Å². The zero-order valence-electron chi connectivity index (χ0n) is 18.0. The van der Waals surface area contributed by atoms with Gasteiger partial charge in [-0.3, -0.25) is 9.59 Å². The van der Waals surface area contributed by atoms with Crippen molar-refractivity contribution < 1.29 is 22.8 Å². The molecule has 0 aliphatic carbocycles. The van der Waals surface area contributed by atoms with Crippen LogP contribution in [0.25, 0.3) is 5.65 Å². The Bertz CT molecular complexity index is 991. The van der Waals surface area contributed by atoms with E-state index < -0.39 is 12.0 Å². The number of amides is 2. The third-order valence-corrected chi connectivity index (χ3v) is 6.07. The van der Waals surface area contributed by atoms with Crippen LogP contribution in [0, 0.1) is 11.8 Å². The van der Waals surface area contributed by atoms with Crippen molar-refractivity contribution in [1.82, 2.24) is 29.6 Å². The Kier molecular flexibility index (Phi) is 5.95. The summed E-state index contributed by atoms with van der Waals surface area (Å²) in [4.78, 5) is 30.6. The molecule has 9 nitrogen and oxygen atoms in total. The molecule has 0 bridgehead atoms. The molecule has 0 radical (unpaired) electrons. The molecule has 12 heteroatoms. The van der Waals surface area contributed by atoms with Crippen LogP contribution in [0.5, 0.6) is 0 Å². The molecule has 0 aromatic carbocycles. The molecule has 0 saturated carbocycles. The molecule has 32 heavy (non-hydrogen) atoms. The van der Waals surface area contributed by atoms with Gasteiger partial charge in [0.1, 0.15) is 5.82 Å². The molecule has 2 aliphatic heterocycles. The van der Waals surface area contributed by atoms with Gasteiger partial charge in [0.15, 0.2) is 5.65 Å². The fourth-order valence-corrected chi connectivity index (χ4v) is 4.25. The second kappa shape index (κ2) is 8.55. The summed E-state index contributed by atoms with van der Waals surface area (Å²) < 4.78 is 40.0. The Labute approximate surface area is 183 Å². The largest absolute Gasteiger partial charge is 0.453 e. The van der Waals surface area contributed by atoms with Crippen LogP contribution >= 0.6 is 0 Å². The highest BCUT2D eigenvalue weighted by molar-refractivity contribution is 5.81. The zero-order valence-corrected chi connectivity index (χ0v) is 18.0.